The zero-order valence-corrected chi connectivity index (χ0v) is 13.0. The number of carbonyl (C=O) groups is 2. The Morgan fingerprint density at radius 2 is 2.05 bits per heavy atom. The number of nitrogen functional groups attached to an aromatic ring is 1. The fourth-order valence-corrected chi connectivity index (χ4v) is 2.53. The topological polar surface area (TPSA) is 114 Å². The first kappa shape index (κ1) is 16.2. The molecule has 0 fully saturated rings. The van der Waals surface area contributed by atoms with Crippen molar-refractivity contribution < 1.29 is 9.59 Å². The van der Waals surface area contributed by atoms with Crippen molar-refractivity contribution in [2.75, 3.05) is 24.2 Å². The van der Waals surface area contributed by atoms with Gasteiger partial charge in [-0.3, -0.25) is 9.59 Å². The molecule has 0 aliphatic heterocycles. The van der Waals surface area contributed by atoms with Gasteiger partial charge in [-0.1, -0.05) is 11.3 Å². The third kappa shape index (κ3) is 4.09. The van der Waals surface area contributed by atoms with Crippen LogP contribution < -0.4 is 21.7 Å². The fraction of sp³-hybridized carbons (Fsp3) is 0.583. The number of rotatable bonds is 6. The molecule has 1 rings (SSSR count). The van der Waals surface area contributed by atoms with Gasteiger partial charge in [-0.2, -0.15) is 0 Å². The molecular weight excluding hydrogens is 278 g/mol. The first-order valence-corrected chi connectivity index (χ1v) is 7.06. The molecule has 5 N–H and O–H groups in total. The minimum atomic E-state index is -0.726. The van der Waals surface area contributed by atoms with Crippen LogP contribution in [-0.2, 0) is 4.79 Å². The smallest absolute Gasteiger partial charge is 0.265 e. The Morgan fingerprint density at radius 3 is 2.55 bits per heavy atom. The summed E-state index contributed by atoms with van der Waals surface area (Å²) >= 11 is 1.22. The van der Waals surface area contributed by atoms with E-state index in [0.29, 0.717) is 10.0 Å². The number of carbonyl (C=O) groups excluding carboxylic acids is 2. The lowest BCUT2D eigenvalue weighted by Crippen LogP contribution is -2.45. The lowest BCUT2D eigenvalue weighted by molar-refractivity contribution is -0.119. The maximum Gasteiger partial charge on any atom is 0.265 e. The van der Waals surface area contributed by atoms with Gasteiger partial charge < -0.3 is 21.7 Å². The van der Waals surface area contributed by atoms with Crippen molar-refractivity contribution in [3.05, 3.63) is 4.88 Å². The third-order valence-corrected chi connectivity index (χ3v) is 3.90. The van der Waals surface area contributed by atoms with Gasteiger partial charge in [0.1, 0.15) is 10.7 Å². The van der Waals surface area contributed by atoms with Crippen LogP contribution in [0.2, 0.25) is 0 Å². The van der Waals surface area contributed by atoms with E-state index in [1.807, 2.05) is 18.9 Å². The molecule has 0 aromatic carbocycles. The average molecular weight is 299 g/mol. The molecule has 0 unspecified atom stereocenters. The van der Waals surface area contributed by atoms with Crippen molar-refractivity contribution in [3.8, 4) is 0 Å². The summed E-state index contributed by atoms with van der Waals surface area (Å²) in [5.41, 5.74) is 10.2. The number of hydrogen-bond donors (Lipinski definition) is 3. The number of primary amides is 1. The molecule has 7 nitrogen and oxygen atoms in total. The van der Waals surface area contributed by atoms with Crippen molar-refractivity contribution >= 4 is 34.1 Å². The summed E-state index contributed by atoms with van der Waals surface area (Å²) in [5, 5.41) is 3.43. The number of nitrogens with one attached hydrogen (secondary N) is 1. The number of anilines is 2. The molecule has 0 aliphatic rings. The van der Waals surface area contributed by atoms with Crippen LogP contribution in [0.25, 0.3) is 0 Å². The van der Waals surface area contributed by atoms with E-state index in [9.17, 15) is 9.59 Å². The van der Waals surface area contributed by atoms with Gasteiger partial charge >= 0.3 is 0 Å². The number of nitrogens with zero attached hydrogens (tertiary/aromatic N) is 2. The van der Waals surface area contributed by atoms with Crippen molar-refractivity contribution in [1.82, 2.24) is 10.3 Å². The minimum Gasteiger partial charge on any atom is -0.382 e. The van der Waals surface area contributed by atoms with E-state index >= 15 is 0 Å². The molecule has 0 aliphatic carbocycles. The van der Waals surface area contributed by atoms with Gasteiger partial charge in [0.25, 0.3) is 5.91 Å². The highest BCUT2D eigenvalue weighted by Gasteiger charge is 2.26. The van der Waals surface area contributed by atoms with Crippen LogP contribution in [0.1, 0.15) is 36.9 Å². The second-order valence-corrected chi connectivity index (χ2v) is 6.18. The van der Waals surface area contributed by atoms with Crippen molar-refractivity contribution in [2.45, 2.75) is 32.7 Å². The van der Waals surface area contributed by atoms with Gasteiger partial charge in [0.15, 0.2) is 5.13 Å². The molecule has 0 saturated carbocycles. The number of amides is 2. The van der Waals surface area contributed by atoms with Crippen LogP contribution in [0.5, 0.6) is 0 Å². The first-order chi connectivity index (χ1) is 9.16. The Balaban J connectivity index is 2.87. The van der Waals surface area contributed by atoms with Crippen LogP contribution in [0.4, 0.5) is 10.9 Å². The first-order valence-electron chi connectivity index (χ1n) is 6.24. The van der Waals surface area contributed by atoms with E-state index in [2.05, 4.69) is 10.3 Å². The van der Waals surface area contributed by atoms with Gasteiger partial charge in [-0.15, -0.1) is 0 Å². The summed E-state index contributed by atoms with van der Waals surface area (Å²) in [4.78, 5) is 29.6. The standard InChI is InChI=1S/C12H21N5O2S/c1-5-17(4)11-15-9(14)8(20-11)10(19)16-12(2,3)6-7(13)18/h5-6,14H2,1-4H3,(H2,13,18)(H,16,19). The third-order valence-electron chi connectivity index (χ3n) is 2.72. The number of thiazole rings is 1. The quantitative estimate of drug-likeness (QED) is 0.710. The van der Waals surface area contributed by atoms with E-state index < -0.39 is 11.4 Å². The summed E-state index contributed by atoms with van der Waals surface area (Å²) in [6.45, 7) is 6.20. The predicted molar refractivity (Wildman–Crippen MR) is 80.8 cm³/mol. The summed E-state index contributed by atoms with van der Waals surface area (Å²) in [6.07, 6.45) is 0.0547. The molecule has 0 radical (unpaired) electrons. The van der Waals surface area contributed by atoms with Gasteiger partial charge in [0, 0.05) is 25.6 Å². The largest absolute Gasteiger partial charge is 0.382 e. The van der Waals surface area contributed by atoms with Crippen molar-refractivity contribution in [1.29, 1.82) is 0 Å². The average Bonchev–Trinajstić information content (AvgIpc) is 2.67. The highest BCUT2D eigenvalue weighted by atomic mass is 32.1. The molecule has 20 heavy (non-hydrogen) atoms. The lowest BCUT2D eigenvalue weighted by Gasteiger charge is -2.24. The minimum absolute atomic E-state index is 0.0547. The predicted octanol–water partition coefficient (Wildman–Crippen LogP) is 0.565. The molecule has 8 heteroatoms. The van der Waals surface area contributed by atoms with E-state index in [4.69, 9.17) is 11.5 Å². The zero-order chi connectivity index (χ0) is 15.5. The van der Waals surface area contributed by atoms with Crippen molar-refractivity contribution in [2.24, 2.45) is 5.73 Å². The summed E-state index contributed by atoms with van der Waals surface area (Å²) in [5.74, 6) is -0.626. The van der Waals surface area contributed by atoms with Gasteiger partial charge in [0.2, 0.25) is 5.91 Å². The molecule has 0 spiro atoms. The van der Waals surface area contributed by atoms with Gasteiger partial charge in [0.05, 0.1) is 0 Å². The normalized spacial score (nSPS) is 11.2. The highest BCUT2D eigenvalue weighted by Crippen LogP contribution is 2.27. The summed E-state index contributed by atoms with van der Waals surface area (Å²) in [6, 6.07) is 0. The summed E-state index contributed by atoms with van der Waals surface area (Å²) in [7, 11) is 1.87. The maximum atomic E-state index is 12.2. The Labute approximate surface area is 122 Å². The monoisotopic (exact) mass is 299 g/mol. The van der Waals surface area contributed by atoms with Crippen molar-refractivity contribution in [3.63, 3.8) is 0 Å². The van der Waals surface area contributed by atoms with Crippen LogP contribution >= 0.6 is 11.3 Å². The number of nitrogens with two attached hydrogens (primary N) is 2. The molecule has 1 heterocycles. The summed E-state index contributed by atoms with van der Waals surface area (Å²) < 4.78 is 0. The van der Waals surface area contributed by atoms with Crippen LogP contribution in [0.3, 0.4) is 0 Å². The Morgan fingerprint density at radius 1 is 1.45 bits per heavy atom. The molecule has 2 amide bonds. The second kappa shape index (κ2) is 6.08. The number of aromatic nitrogens is 1. The van der Waals surface area contributed by atoms with E-state index in [1.54, 1.807) is 13.8 Å². The maximum absolute atomic E-state index is 12.2. The van der Waals surface area contributed by atoms with Gasteiger partial charge in [-0.05, 0) is 20.8 Å². The Kier molecular flexibility index (Phi) is 4.93. The van der Waals surface area contributed by atoms with Crippen LogP contribution in [0.15, 0.2) is 0 Å². The molecule has 0 atom stereocenters. The fourth-order valence-electron chi connectivity index (χ4n) is 1.63. The Bertz CT molecular complexity index is 512. The van der Waals surface area contributed by atoms with Crippen LogP contribution in [0, 0.1) is 0 Å². The zero-order valence-electron chi connectivity index (χ0n) is 12.2. The molecular formula is C12H21N5O2S. The van der Waals surface area contributed by atoms with Crippen LogP contribution in [-0.4, -0.2) is 35.9 Å². The SMILES string of the molecule is CCN(C)c1nc(N)c(C(=O)NC(C)(C)CC(N)=O)s1. The van der Waals surface area contributed by atoms with Gasteiger partial charge in [-0.25, -0.2) is 4.98 Å². The molecule has 112 valence electrons. The Hall–Kier alpha value is -1.83. The lowest BCUT2D eigenvalue weighted by atomic mass is 10.0. The molecule has 1 aromatic rings. The number of hydrogen-bond acceptors (Lipinski definition) is 6. The highest BCUT2D eigenvalue weighted by molar-refractivity contribution is 7.18. The molecule has 1 aromatic heterocycles. The van der Waals surface area contributed by atoms with E-state index in [0.717, 1.165) is 6.54 Å². The second-order valence-electron chi connectivity index (χ2n) is 5.21. The molecule has 0 bridgehead atoms. The molecule has 0 saturated heterocycles. The van der Waals surface area contributed by atoms with E-state index in [1.165, 1.54) is 11.3 Å². The van der Waals surface area contributed by atoms with E-state index in [-0.39, 0.29) is 18.1 Å².